The molecule has 1 rings (SSSR count). The van der Waals surface area contributed by atoms with Crippen molar-refractivity contribution < 1.29 is 9.53 Å². The lowest BCUT2D eigenvalue weighted by Crippen LogP contribution is -2.29. The molecule has 0 radical (unpaired) electrons. The van der Waals surface area contributed by atoms with Gasteiger partial charge in [-0.15, -0.1) is 0 Å². The molecule has 0 aromatic rings. The Bertz CT molecular complexity index is 173. The lowest BCUT2D eigenvalue weighted by Gasteiger charge is -2.11. The second-order valence-corrected chi connectivity index (χ2v) is 3.26. The van der Waals surface area contributed by atoms with Crippen LogP contribution in [-0.2, 0) is 9.53 Å². The van der Waals surface area contributed by atoms with Crippen LogP contribution in [0.4, 0.5) is 0 Å². The molecule has 0 saturated carbocycles. The summed E-state index contributed by atoms with van der Waals surface area (Å²) in [6.07, 6.45) is 0.644. The second kappa shape index (κ2) is 5.19. The molecule has 0 aromatic heterocycles. The van der Waals surface area contributed by atoms with E-state index in [0.29, 0.717) is 6.61 Å². The number of ether oxygens (including phenoxy) is 1. The van der Waals surface area contributed by atoms with Gasteiger partial charge in [-0.3, -0.25) is 4.79 Å². The molecule has 0 bridgehead atoms. The van der Waals surface area contributed by atoms with Crippen LogP contribution in [-0.4, -0.2) is 50.2 Å². The summed E-state index contributed by atoms with van der Waals surface area (Å²) in [6, 6.07) is 0. The van der Waals surface area contributed by atoms with E-state index in [4.69, 9.17) is 4.74 Å². The monoisotopic (exact) mass is 186 g/mol. The Morgan fingerprint density at radius 3 is 3.00 bits per heavy atom. The van der Waals surface area contributed by atoms with Gasteiger partial charge in [0, 0.05) is 26.6 Å². The van der Waals surface area contributed by atoms with Gasteiger partial charge in [-0.1, -0.05) is 6.92 Å². The molecular formula is C9H18N2O2. The van der Waals surface area contributed by atoms with E-state index in [2.05, 4.69) is 12.2 Å². The van der Waals surface area contributed by atoms with Gasteiger partial charge >= 0.3 is 0 Å². The third kappa shape index (κ3) is 2.97. The van der Waals surface area contributed by atoms with Gasteiger partial charge in [-0.05, 0) is 6.54 Å². The van der Waals surface area contributed by atoms with E-state index in [1.807, 2.05) is 7.05 Å². The first-order chi connectivity index (χ1) is 6.25. The fourth-order valence-electron chi connectivity index (χ4n) is 1.40. The van der Waals surface area contributed by atoms with Crippen LogP contribution < -0.4 is 5.32 Å². The summed E-state index contributed by atoms with van der Waals surface area (Å²) in [5, 5.41) is 3.15. The summed E-state index contributed by atoms with van der Waals surface area (Å²) >= 11 is 0. The minimum absolute atomic E-state index is 0.122. The zero-order valence-corrected chi connectivity index (χ0v) is 8.38. The number of carbonyl (C=O) groups is 1. The molecule has 0 aromatic carbocycles. The summed E-state index contributed by atoms with van der Waals surface area (Å²) < 4.78 is 5.43. The number of carbonyl (C=O) groups excluding carboxylic acids is 1. The Labute approximate surface area is 79.2 Å². The van der Waals surface area contributed by atoms with Crippen LogP contribution in [0.25, 0.3) is 0 Å². The average Bonchev–Trinajstić information content (AvgIpc) is 2.43. The first kappa shape index (κ1) is 10.5. The molecule has 1 saturated heterocycles. The lowest BCUT2D eigenvalue weighted by atomic mass is 10.3. The van der Waals surface area contributed by atoms with Crippen molar-refractivity contribution in [3.05, 3.63) is 0 Å². The van der Waals surface area contributed by atoms with Crippen LogP contribution in [0.1, 0.15) is 13.3 Å². The molecule has 76 valence electrons. The van der Waals surface area contributed by atoms with Crippen molar-refractivity contribution in [2.24, 2.45) is 0 Å². The molecule has 4 nitrogen and oxygen atoms in total. The SMILES string of the molecule is CCNCCOC1CCN(C)C1=O. The van der Waals surface area contributed by atoms with Crippen LogP contribution in [0, 0.1) is 0 Å². The first-order valence-electron chi connectivity index (χ1n) is 4.83. The highest BCUT2D eigenvalue weighted by Crippen LogP contribution is 2.11. The molecule has 1 fully saturated rings. The van der Waals surface area contributed by atoms with Crippen molar-refractivity contribution >= 4 is 5.91 Å². The number of hydrogen-bond donors (Lipinski definition) is 1. The minimum Gasteiger partial charge on any atom is -0.367 e. The highest BCUT2D eigenvalue weighted by Gasteiger charge is 2.29. The standard InChI is InChI=1S/C9H18N2O2/c1-3-10-5-7-13-8-4-6-11(2)9(8)12/h8,10H,3-7H2,1-2H3. The molecule has 4 heteroatoms. The van der Waals surface area contributed by atoms with Crippen LogP contribution in [0.15, 0.2) is 0 Å². The normalized spacial score (nSPS) is 22.8. The number of likely N-dealkylation sites (N-methyl/N-ethyl adjacent to an activating group) is 2. The maximum absolute atomic E-state index is 11.3. The van der Waals surface area contributed by atoms with Crippen molar-refractivity contribution in [3.8, 4) is 0 Å². The summed E-state index contributed by atoms with van der Waals surface area (Å²) in [6.45, 7) is 5.27. The number of amides is 1. The zero-order valence-electron chi connectivity index (χ0n) is 8.38. The molecule has 1 N–H and O–H groups in total. The Hall–Kier alpha value is -0.610. The average molecular weight is 186 g/mol. The molecule has 13 heavy (non-hydrogen) atoms. The van der Waals surface area contributed by atoms with E-state index in [1.54, 1.807) is 4.90 Å². The fraction of sp³-hybridized carbons (Fsp3) is 0.889. The van der Waals surface area contributed by atoms with Crippen LogP contribution in [0.3, 0.4) is 0 Å². The predicted molar refractivity (Wildman–Crippen MR) is 50.5 cm³/mol. The molecule has 1 amide bonds. The van der Waals surface area contributed by atoms with Crippen LogP contribution >= 0.6 is 0 Å². The quantitative estimate of drug-likeness (QED) is 0.607. The second-order valence-electron chi connectivity index (χ2n) is 3.26. The lowest BCUT2D eigenvalue weighted by molar-refractivity contribution is -0.136. The predicted octanol–water partition coefficient (Wildman–Crippen LogP) is -0.157. The Kier molecular flexibility index (Phi) is 4.18. The first-order valence-corrected chi connectivity index (χ1v) is 4.83. The topological polar surface area (TPSA) is 41.6 Å². The van der Waals surface area contributed by atoms with E-state index in [9.17, 15) is 4.79 Å². The Morgan fingerprint density at radius 1 is 1.69 bits per heavy atom. The molecule has 1 aliphatic heterocycles. The summed E-state index contributed by atoms with van der Waals surface area (Å²) in [4.78, 5) is 13.1. The van der Waals surface area contributed by atoms with Gasteiger partial charge < -0.3 is 15.0 Å². The van der Waals surface area contributed by atoms with Crippen molar-refractivity contribution in [2.75, 3.05) is 33.3 Å². The maximum atomic E-state index is 11.3. The van der Waals surface area contributed by atoms with Crippen LogP contribution in [0.2, 0.25) is 0 Å². The number of nitrogens with zero attached hydrogens (tertiary/aromatic N) is 1. The molecule has 1 unspecified atom stereocenters. The third-order valence-corrected chi connectivity index (χ3v) is 2.23. The highest BCUT2D eigenvalue weighted by atomic mass is 16.5. The van der Waals surface area contributed by atoms with Crippen molar-refractivity contribution in [3.63, 3.8) is 0 Å². The number of hydrogen-bond acceptors (Lipinski definition) is 3. The zero-order chi connectivity index (χ0) is 9.68. The van der Waals surface area contributed by atoms with Gasteiger partial charge in [0.15, 0.2) is 0 Å². The Balaban J connectivity index is 2.12. The summed E-state index contributed by atoms with van der Waals surface area (Å²) in [7, 11) is 1.82. The van der Waals surface area contributed by atoms with Crippen molar-refractivity contribution in [1.29, 1.82) is 0 Å². The molecular weight excluding hydrogens is 168 g/mol. The van der Waals surface area contributed by atoms with E-state index in [-0.39, 0.29) is 12.0 Å². The molecule has 0 spiro atoms. The van der Waals surface area contributed by atoms with E-state index in [1.165, 1.54) is 0 Å². The molecule has 1 heterocycles. The highest BCUT2D eigenvalue weighted by molar-refractivity contribution is 5.82. The van der Waals surface area contributed by atoms with Gasteiger partial charge in [-0.2, -0.15) is 0 Å². The number of nitrogens with one attached hydrogen (secondary N) is 1. The summed E-state index contributed by atoms with van der Waals surface area (Å²) in [5.41, 5.74) is 0. The van der Waals surface area contributed by atoms with Gasteiger partial charge in [0.1, 0.15) is 6.10 Å². The van der Waals surface area contributed by atoms with Gasteiger partial charge in [0.25, 0.3) is 5.91 Å². The number of rotatable bonds is 5. The van der Waals surface area contributed by atoms with Gasteiger partial charge in [0.05, 0.1) is 6.61 Å². The molecule has 1 atom stereocenters. The fourth-order valence-corrected chi connectivity index (χ4v) is 1.40. The van der Waals surface area contributed by atoms with E-state index >= 15 is 0 Å². The van der Waals surface area contributed by atoms with E-state index < -0.39 is 0 Å². The third-order valence-electron chi connectivity index (χ3n) is 2.23. The largest absolute Gasteiger partial charge is 0.367 e. The van der Waals surface area contributed by atoms with Crippen molar-refractivity contribution in [2.45, 2.75) is 19.4 Å². The Morgan fingerprint density at radius 2 is 2.46 bits per heavy atom. The van der Waals surface area contributed by atoms with Crippen LogP contribution in [0.5, 0.6) is 0 Å². The van der Waals surface area contributed by atoms with E-state index in [0.717, 1.165) is 26.1 Å². The number of likely N-dealkylation sites (tertiary alicyclic amines) is 1. The van der Waals surface area contributed by atoms with Gasteiger partial charge in [0.2, 0.25) is 0 Å². The molecule has 0 aliphatic carbocycles. The minimum atomic E-state index is -0.191. The summed E-state index contributed by atoms with van der Waals surface area (Å²) in [5.74, 6) is 0.122. The smallest absolute Gasteiger partial charge is 0.251 e. The molecule has 1 aliphatic rings. The van der Waals surface area contributed by atoms with Gasteiger partial charge in [-0.25, -0.2) is 0 Å². The maximum Gasteiger partial charge on any atom is 0.251 e. The van der Waals surface area contributed by atoms with Crippen molar-refractivity contribution in [1.82, 2.24) is 10.2 Å².